The summed E-state index contributed by atoms with van der Waals surface area (Å²) in [6.45, 7) is 6.09. The van der Waals surface area contributed by atoms with Gasteiger partial charge in [0.1, 0.15) is 6.04 Å². The zero-order chi connectivity index (χ0) is 25.0. The van der Waals surface area contributed by atoms with E-state index in [9.17, 15) is 14.4 Å². The molecule has 3 aromatic rings. The molecule has 2 heterocycles. The Morgan fingerprint density at radius 3 is 2.31 bits per heavy atom. The molecule has 0 radical (unpaired) electrons. The fourth-order valence-corrected chi connectivity index (χ4v) is 4.26. The van der Waals surface area contributed by atoms with E-state index >= 15 is 0 Å². The highest BCUT2D eigenvalue weighted by atomic mass is 16.5. The van der Waals surface area contributed by atoms with Crippen LogP contribution in [0.5, 0.6) is 0 Å². The van der Waals surface area contributed by atoms with Gasteiger partial charge in [0.25, 0.3) is 11.8 Å². The van der Waals surface area contributed by atoms with Crippen molar-refractivity contribution in [1.29, 1.82) is 0 Å². The van der Waals surface area contributed by atoms with E-state index in [-0.39, 0.29) is 18.2 Å². The normalized spacial score (nSPS) is 15.3. The van der Waals surface area contributed by atoms with Crippen LogP contribution in [0, 0.1) is 0 Å². The Morgan fingerprint density at radius 2 is 1.66 bits per heavy atom. The van der Waals surface area contributed by atoms with Gasteiger partial charge in [0.2, 0.25) is 0 Å². The van der Waals surface area contributed by atoms with Crippen LogP contribution in [0.15, 0.2) is 77.4 Å². The van der Waals surface area contributed by atoms with Crippen LogP contribution < -0.4 is 0 Å². The highest BCUT2D eigenvalue weighted by Gasteiger charge is 2.37. The summed E-state index contributed by atoms with van der Waals surface area (Å²) in [5, 5.41) is 0. The number of esters is 1. The summed E-state index contributed by atoms with van der Waals surface area (Å²) in [5.74, 6) is -1.14. The molecule has 0 saturated carbocycles. The van der Waals surface area contributed by atoms with Gasteiger partial charge in [0, 0.05) is 25.0 Å². The van der Waals surface area contributed by atoms with E-state index in [1.54, 1.807) is 17.0 Å². The molecule has 1 aromatic heterocycles. The molecule has 0 aliphatic carbocycles. The first-order valence-corrected chi connectivity index (χ1v) is 11.7. The second-order valence-electron chi connectivity index (χ2n) is 9.64. The summed E-state index contributed by atoms with van der Waals surface area (Å²) in [4.78, 5) is 42.6. The predicted molar refractivity (Wildman–Crippen MR) is 130 cm³/mol. The predicted octanol–water partition coefficient (Wildman–Crippen LogP) is 4.22. The van der Waals surface area contributed by atoms with Gasteiger partial charge in [-0.2, -0.15) is 0 Å². The van der Waals surface area contributed by atoms with E-state index in [1.807, 2.05) is 75.4 Å². The monoisotopic (exact) mass is 474 g/mol. The number of carbonyl (C=O) groups excluding carboxylic acids is 3. The smallest absolute Gasteiger partial charge is 0.329 e. The first-order chi connectivity index (χ1) is 16.7. The molecule has 1 atom stereocenters. The van der Waals surface area contributed by atoms with Crippen molar-refractivity contribution in [3.05, 3.63) is 95.4 Å². The van der Waals surface area contributed by atoms with Crippen LogP contribution in [0.2, 0.25) is 0 Å². The summed E-state index contributed by atoms with van der Waals surface area (Å²) in [6, 6.07) is 19.7. The fraction of sp³-hybridized carbons (Fsp3) is 0.321. The third kappa shape index (κ3) is 5.62. The minimum Gasteiger partial charge on any atom is -0.459 e. The molecule has 0 fully saturated rings. The van der Waals surface area contributed by atoms with E-state index in [2.05, 4.69) is 0 Å². The summed E-state index contributed by atoms with van der Waals surface area (Å²) >= 11 is 0. The van der Waals surface area contributed by atoms with Gasteiger partial charge in [-0.25, -0.2) is 4.79 Å². The van der Waals surface area contributed by atoms with Crippen molar-refractivity contribution >= 4 is 17.8 Å². The molecule has 0 unspecified atom stereocenters. The number of furan rings is 1. The van der Waals surface area contributed by atoms with Crippen LogP contribution >= 0.6 is 0 Å². The van der Waals surface area contributed by atoms with Crippen molar-refractivity contribution in [1.82, 2.24) is 9.80 Å². The zero-order valence-electron chi connectivity index (χ0n) is 20.3. The summed E-state index contributed by atoms with van der Waals surface area (Å²) < 4.78 is 10.8. The van der Waals surface area contributed by atoms with Crippen LogP contribution in [0.25, 0.3) is 0 Å². The van der Waals surface area contributed by atoms with Crippen molar-refractivity contribution < 1.29 is 23.5 Å². The number of hydrogen-bond donors (Lipinski definition) is 0. The largest absolute Gasteiger partial charge is 0.459 e. The lowest BCUT2D eigenvalue weighted by Gasteiger charge is -2.37. The standard InChI is InChI=1S/C28H30N2O5/c1-28(2,3)30(17-20-10-5-4-6-11-20)25(31)19-35-27(33)23-16-21-12-7-8-13-22(21)18-29(23)26(32)24-14-9-15-34-24/h4-15,23H,16-19H2,1-3H3/t23-/m0/s1. The molecule has 35 heavy (non-hydrogen) atoms. The maximum Gasteiger partial charge on any atom is 0.329 e. The third-order valence-electron chi connectivity index (χ3n) is 6.15. The van der Waals surface area contributed by atoms with E-state index in [4.69, 9.17) is 9.15 Å². The second-order valence-corrected chi connectivity index (χ2v) is 9.64. The topological polar surface area (TPSA) is 80.1 Å². The van der Waals surface area contributed by atoms with Gasteiger partial charge in [-0.1, -0.05) is 54.6 Å². The number of benzene rings is 2. The van der Waals surface area contributed by atoms with E-state index in [0.29, 0.717) is 13.0 Å². The van der Waals surface area contributed by atoms with Crippen LogP contribution in [0.4, 0.5) is 0 Å². The lowest BCUT2D eigenvalue weighted by molar-refractivity contribution is -0.158. The first-order valence-electron chi connectivity index (χ1n) is 11.7. The van der Waals surface area contributed by atoms with E-state index < -0.39 is 30.1 Å². The van der Waals surface area contributed by atoms with E-state index in [1.165, 1.54) is 11.2 Å². The Labute approximate surface area is 205 Å². The van der Waals surface area contributed by atoms with Crippen molar-refractivity contribution in [2.24, 2.45) is 0 Å². The maximum atomic E-state index is 13.2. The number of carbonyl (C=O) groups is 3. The van der Waals surface area contributed by atoms with Crippen molar-refractivity contribution in [3.63, 3.8) is 0 Å². The van der Waals surface area contributed by atoms with Gasteiger partial charge in [-0.05, 0) is 49.6 Å². The molecule has 0 saturated heterocycles. The molecule has 0 spiro atoms. The van der Waals surface area contributed by atoms with Crippen molar-refractivity contribution in [3.8, 4) is 0 Å². The average molecular weight is 475 g/mol. The Hall–Kier alpha value is -3.87. The zero-order valence-corrected chi connectivity index (χ0v) is 20.3. The van der Waals surface area contributed by atoms with Gasteiger partial charge < -0.3 is 19.0 Å². The maximum absolute atomic E-state index is 13.2. The Morgan fingerprint density at radius 1 is 0.971 bits per heavy atom. The number of hydrogen-bond acceptors (Lipinski definition) is 5. The van der Waals surface area contributed by atoms with Gasteiger partial charge in [0.15, 0.2) is 12.4 Å². The Balaban J connectivity index is 1.49. The average Bonchev–Trinajstić information content (AvgIpc) is 3.39. The Bertz CT molecular complexity index is 1180. The summed E-state index contributed by atoms with van der Waals surface area (Å²) in [5.41, 5.74) is 2.46. The van der Waals surface area contributed by atoms with Crippen LogP contribution in [0.1, 0.15) is 48.0 Å². The molecule has 7 heteroatoms. The molecule has 1 aliphatic heterocycles. The molecule has 182 valence electrons. The fourth-order valence-electron chi connectivity index (χ4n) is 4.26. The van der Waals surface area contributed by atoms with Crippen molar-refractivity contribution in [2.45, 2.75) is 51.9 Å². The molecule has 0 bridgehead atoms. The molecular weight excluding hydrogens is 444 g/mol. The quantitative estimate of drug-likeness (QED) is 0.500. The van der Waals surface area contributed by atoms with E-state index in [0.717, 1.165) is 16.7 Å². The molecule has 7 nitrogen and oxygen atoms in total. The minimum absolute atomic E-state index is 0.153. The van der Waals surface area contributed by atoms with Crippen molar-refractivity contribution in [2.75, 3.05) is 6.61 Å². The first kappa shape index (κ1) is 24.3. The van der Waals surface area contributed by atoms with Gasteiger partial charge in [-0.3, -0.25) is 9.59 Å². The van der Waals surface area contributed by atoms with Gasteiger partial charge >= 0.3 is 5.97 Å². The lowest BCUT2D eigenvalue weighted by atomic mass is 9.93. The van der Waals surface area contributed by atoms with Gasteiger partial charge in [-0.15, -0.1) is 0 Å². The lowest BCUT2D eigenvalue weighted by Crippen LogP contribution is -2.51. The number of rotatable bonds is 6. The highest BCUT2D eigenvalue weighted by molar-refractivity contribution is 5.95. The number of ether oxygens (including phenoxy) is 1. The minimum atomic E-state index is -0.854. The van der Waals surface area contributed by atoms with Gasteiger partial charge in [0.05, 0.1) is 6.26 Å². The number of amides is 2. The molecule has 2 amide bonds. The molecule has 0 N–H and O–H groups in total. The molecule has 1 aliphatic rings. The Kier molecular flexibility index (Phi) is 7.05. The second kappa shape index (κ2) is 10.2. The number of fused-ring (bicyclic) bond motifs is 1. The highest BCUT2D eigenvalue weighted by Crippen LogP contribution is 2.26. The molecule has 4 rings (SSSR count). The molecule has 2 aromatic carbocycles. The summed E-state index contributed by atoms with van der Waals surface area (Å²) in [7, 11) is 0. The number of nitrogens with zero attached hydrogens (tertiary/aromatic N) is 2. The molecular formula is C28H30N2O5. The SMILES string of the molecule is CC(C)(C)N(Cc1ccccc1)C(=O)COC(=O)[C@@H]1Cc2ccccc2CN1C(=O)c1ccco1. The van der Waals surface area contributed by atoms with Crippen LogP contribution in [0.3, 0.4) is 0 Å². The summed E-state index contributed by atoms with van der Waals surface area (Å²) in [6.07, 6.45) is 1.73. The van der Waals surface area contributed by atoms with Crippen LogP contribution in [-0.2, 0) is 33.8 Å². The van der Waals surface area contributed by atoms with Crippen LogP contribution in [-0.4, -0.2) is 45.8 Å². The third-order valence-corrected chi connectivity index (χ3v) is 6.15.